The SMILES string of the molecule is CCOC(=O)/C=C(\CCCCOCc1ccccc1)NCc1ccccc1. The van der Waals surface area contributed by atoms with Crippen LogP contribution >= 0.6 is 0 Å². The van der Waals surface area contributed by atoms with Gasteiger partial charge >= 0.3 is 5.97 Å². The van der Waals surface area contributed by atoms with Crippen molar-refractivity contribution in [1.29, 1.82) is 0 Å². The smallest absolute Gasteiger partial charge is 0.332 e. The molecule has 2 aromatic carbocycles. The minimum Gasteiger partial charge on any atom is -0.463 e. The van der Waals surface area contributed by atoms with Gasteiger partial charge in [-0.1, -0.05) is 60.7 Å². The van der Waals surface area contributed by atoms with Gasteiger partial charge in [0.2, 0.25) is 0 Å². The average Bonchev–Trinajstić information content (AvgIpc) is 2.70. The maximum atomic E-state index is 11.8. The number of nitrogens with one attached hydrogen (secondary N) is 1. The average molecular weight is 367 g/mol. The van der Waals surface area contributed by atoms with Gasteiger partial charge in [0.1, 0.15) is 0 Å². The summed E-state index contributed by atoms with van der Waals surface area (Å²) in [5, 5.41) is 3.36. The Bertz CT molecular complexity index is 683. The molecule has 0 spiro atoms. The number of ether oxygens (including phenoxy) is 2. The van der Waals surface area contributed by atoms with Crippen molar-refractivity contribution in [3.05, 3.63) is 83.6 Å². The van der Waals surface area contributed by atoms with Crippen molar-refractivity contribution < 1.29 is 14.3 Å². The number of unbranched alkanes of at least 4 members (excludes halogenated alkanes) is 1. The highest BCUT2D eigenvalue weighted by Crippen LogP contribution is 2.09. The van der Waals surface area contributed by atoms with Gasteiger partial charge in [0.25, 0.3) is 0 Å². The van der Waals surface area contributed by atoms with Crippen LogP contribution in [0.15, 0.2) is 72.4 Å². The number of carbonyl (C=O) groups is 1. The maximum absolute atomic E-state index is 11.8. The lowest BCUT2D eigenvalue weighted by atomic mass is 10.1. The van der Waals surface area contributed by atoms with E-state index < -0.39 is 0 Å². The largest absolute Gasteiger partial charge is 0.463 e. The Balaban J connectivity index is 1.73. The van der Waals surface area contributed by atoms with Gasteiger partial charge in [0, 0.05) is 24.9 Å². The number of allylic oxidation sites excluding steroid dienone is 1. The van der Waals surface area contributed by atoms with Crippen molar-refractivity contribution in [2.24, 2.45) is 0 Å². The van der Waals surface area contributed by atoms with Gasteiger partial charge in [-0.2, -0.15) is 0 Å². The Morgan fingerprint density at radius 3 is 2.30 bits per heavy atom. The van der Waals surface area contributed by atoms with Crippen LogP contribution in [0.5, 0.6) is 0 Å². The summed E-state index contributed by atoms with van der Waals surface area (Å²) in [6.45, 7) is 4.23. The number of hydrogen-bond acceptors (Lipinski definition) is 4. The first kappa shape index (κ1) is 20.7. The van der Waals surface area contributed by atoms with E-state index in [2.05, 4.69) is 29.6 Å². The van der Waals surface area contributed by atoms with Crippen LogP contribution in [-0.4, -0.2) is 19.2 Å². The first-order chi connectivity index (χ1) is 13.3. The first-order valence-electron chi connectivity index (χ1n) is 9.54. The second kappa shape index (κ2) is 12.7. The molecule has 0 fully saturated rings. The highest BCUT2D eigenvalue weighted by molar-refractivity contribution is 5.82. The molecular formula is C23H29NO3. The normalized spacial score (nSPS) is 11.2. The third-order valence-electron chi connectivity index (χ3n) is 4.04. The highest BCUT2D eigenvalue weighted by Gasteiger charge is 2.04. The molecule has 1 N–H and O–H groups in total. The fourth-order valence-corrected chi connectivity index (χ4v) is 2.63. The van der Waals surface area contributed by atoms with E-state index in [0.29, 0.717) is 26.4 Å². The number of esters is 1. The summed E-state index contributed by atoms with van der Waals surface area (Å²) in [6.07, 6.45) is 4.25. The van der Waals surface area contributed by atoms with E-state index in [1.54, 1.807) is 6.08 Å². The molecule has 0 saturated carbocycles. The van der Waals surface area contributed by atoms with E-state index in [9.17, 15) is 4.79 Å². The van der Waals surface area contributed by atoms with E-state index >= 15 is 0 Å². The Labute approximate surface area is 162 Å². The molecule has 0 aliphatic carbocycles. The predicted octanol–water partition coefficient (Wildman–Crippen LogP) is 4.61. The summed E-state index contributed by atoms with van der Waals surface area (Å²) in [4.78, 5) is 11.8. The molecule has 4 nitrogen and oxygen atoms in total. The van der Waals surface area contributed by atoms with Crippen LogP contribution in [0, 0.1) is 0 Å². The summed E-state index contributed by atoms with van der Waals surface area (Å²) in [7, 11) is 0. The molecule has 0 amide bonds. The second-order valence-corrected chi connectivity index (χ2v) is 6.26. The van der Waals surface area contributed by atoms with Crippen molar-refractivity contribution in [1.82, 2.24) is 5.32 Å². The molecule has 0 bridgehead atoms. The Morgan fingerprint density at radius 1 is 0.963 bits per heavy atom. The first-order valence-corrected chi connectivity index (χ1v) is 9.54. The van der Waals surface area contributed by atoms with E-state index in [1.807, 2.05) is 43.3 Å². The van der Waals surface area contributed by atoms with Gasteiger partial charge in [0.15, 0.2) is 0 Å². The summed E-state index contributed by atoms with van der Waals surface area (Å²) in [5.74, 6) is -0.298. The third-order valence-corrected chi connectivity index (χ3v) is 4.04. The van der Waals surface area contributed by atoms with Crippen molar-refractivity contribution >= 4 is 5.97 Å². The lowest BCUT2D eigenvalue weighted by Crippen LogP contribution is -2.15. The fraction of sp³-hybridized carbons (Fsp3) is 0.348. The summed E-state index contributed by atoms with van der Waals surface area (Å²) >= 11 is 0. The zero-order valence-corrected chi connectivity index (χ0v) is 16.0. The predicted molar refractivity (Wildman–Crippen MR) is 108 cm³/mol. The zero-order chi connectivity index (χ0) is 19.2. The molecule has 4 heteroatoms. The van der Waals surface area contributed by atoms with Crippen LogP contribution in [-0.2, 0) is 27.4 Å². The van der Waals surface area contributed by atoms with Crippen LogP contribution in [0.4, 0.5) is 0 Å². The molecule has 0 aromatic heterocycles. The summed E-state index contributed by atoms with van der Waals surface area (Å²) in [6, 6.07) is 20.3. The highest BCUT2D eigenvalue weighted by atomic mass is 16.5. The van der Waals surface area contributed by atoms with E-state index in [0.717, 1.165) is 25.0 Å². The van der Waals surface area contributed by atoms with E-state index in [4.69, 9.17) is 9.47 Å². The van der Waals surface area contributed by atoms with Gasteiger partial charge in [-0.3, -0.25) is 0 Å². The minimum absolute atomic E-state index is 0.298. The fourth-order valence-electron chi connectivity index (χ4n) is 2.63. The lowest BCUT2D eigenvalue weighted by molar-refractivity contribution is -0.137. The standard InChI is InChI=1S/C23H29NO3/c1-2-27-23(25)17-22(24-18-20-11-5-3-6-12-20)15-9-10-16-26-19-21-13-7-4-8-14-21/h3-8,11-14,17,24H,2,9-10,15-16,18-19H2,1H3/b22-17+. The molecule has 0 aliphatic heterocycles. The number of carbonyl (C=O) groups excluding carboxylic acids is 1. The molecule has 0 heterocycles. The van der Waals surface area contributed by atoms with Crippen LogP contribution in [0.25, 0.3) is 0 Å². The van der Waals surface area contributed by atoms with Gasteiger partial charge in [-0.25, -0.2) is 4.79 Å². The molecule has 144 valence electrons. The van der Waals surface area contributed by atoms with Crippen LogP contribution in [0.3, 0.4) is 0 Å². The Hall–Kier alpha value is -2.59. The molecule has 0 radical (unpaired) electrons. The summed E-state index contributed by atoms with van der Waals surface area (Å²) < 4.78 is 10.8. The third kappa shape index (κ3) is 9.06. The number of hydrogen-bond donors (Lipinski definition) is 1. The zero-order valence-electron chi connectivity index (χ0n) is 16.0. The molecule has 0 saturated heterocycles. The van der Waals surface area contributed by atoms with Crippen LogP contribution in [0.2, 0.25) is 0 Å². The van der Waals surface area contributed by atoms with Gasteiger partial charge in [-0.15, -0.1) is 0 Å². The van der Waals surface area contributed by atoms with Gasteiger partial charge < -0.3 is 14.8 Å². The Kier molecular flexibility index (Phi) is 9.76. The number of benzene rings is 2. The Morgan fingerprint density at radius 2 is 1.63 bits per heavy atom. The van der Waals surface area contributed by atoms with Crippen molar-refractivity contribution in [2.45, 2.75) is 39.3 Å². The molecule has 0 unspecified atom stereocenters. The van der Waals surface area contributed by atoms with Crippen LogP contribution in [0.1, 0.15) is 37.3 Å². The quantitative estimate of drug-likeness (QED) is 0.338. The number of rotatable bonds is 12. The molecule has 2 aromatic rings. The molecule has 2 rings (SSSR count). The van der Waals surface area contributed by atoms with Crippen molar-refractivity contribution in [2.75, 3.05) is 13.2 Å². The van der Waals surface area contributed by atoms with Gasteiger partial charge in [-0.05, 0) is 37.3 Å². The molecule has 0 atom stereocenters. The topological polar surface area (TPSA) is 47.6 Å². The molecular weight excluding hydrogens is 338 g/mol. The maximum Gasteiger partial charge on any atom is 0.332 e. The molecule has 27 heavy (non-hydrogen) atoms. The lowest BCUT2D eigenvalue weighted by Gasteiger charge is -2.12. The van der Waals surface area contributed by atoms with Crippen molar-refractivity contribution in [3.63, 3.8) is 0 Å². The van der Waals surface area contributed by atoms with E-state index in [1.165, 1.54) is 11.1 Å². The van der Waals surface area contributed by atoms with Crippen molar-refractivity contribution in [3.8, 4) is 0 Å². The summed E-state index contributed by atoms with van der Waals surface area (Å²) in [5.41, 5.74) is 3.27. The van der Waals surface area contributed by atoms with Crippen LogP contribution < -0.4 is 5.32 Å². The molecule has 0 aliphatic rings. The second-order valence-electron chi connectivity index (χ2n) is 6.26. The minimum atomic E-state index is -0.298. The van der Waals surface area contributed by atoms with Gasteiger partial charge in [0.05, 0.1) is 13.2 Å². The monoisotopic (exact) mass is 367 g/mol. The van der Waals surface area contributed by atoms with E-state index in [-0.39, 0.29) is 5.97 Å².